The molecule has 0 unspecified atom stereocenters. The maximum Gasteiger partial charge on any atom is 1.00 e. The Morgan fingerprint density at radius 1 is 0.929 bits per heavy atom. The largest absolute Gasteiger partial charge is 1.00 e. The number of benzene rings is 2. The van der Waals surface area contributed by atoms with Gasteiger partial charge in [0, 0.05) is 0 Å². The predicted molar refractivity (Wildman–Crippen MR) is 104 cm³/mol. The zero-order valence-corrected chi connectivity index (χ0v) is 20.6. The standard InChI is InChI=1S/C21H28O5S.K/c1-2-3-4-5-6-7-9-12-17-15-16-19(22)20(21(17)27(23,24)25)26-18-13-10-8-11-14-18;/h8,10-11,13-16,22H,2-7,9,12H2,1H3,(H,23,24,25);/q;+1/p-1. The summed E-state index contributed by atoms with van der Waals surface area (Å²) in [7, 11) is -4.59. The molecule has 2 aromatic carbocycles. The first-order valence-corrected chi connectivity index (χ1v) is 10.9. The molecule has 5 nitrogen and oxygen atoms in total. The van der Waals surface area contributed by atoms with Crippen molar-refractivity contribution in [3.63, 3.8) is 0 Å². The first-order valence-electron chi connectivity index (χ1n) is 9.46. The Hall–Kier alpha value is -0.414. The minimum absolute atomic E-state index is 0. The van der Waals surface area contributed by atoms with Gasteiger partial charge in [0.15, 0.2) is 0 Å². The van der Waals surface area contributed by atoms with E-state index >= 15 is 0 Å². The first-order chi connectivity index (χ1) is 12.9. The summed E-state index contributed by atoms with van der Waals surface area (Å²) in [5, 5.41) is 12.2. The van der Waals surface area contributed by atoms with Crippen molar-refractivity contribution in [3.05, 3.63) is 48.0 Å². The smallest absolute Gasteiger partial charge is 0.870 e. The molecule has 148 valence electrons. The molecule has 0 radical (unpaired) electrons. The quantitative estimate of drug-likeness (QED) is 0.335. The van der Waals surface area contributed by atoms with E-state index < -0.39 is 20.8 Å². The molecule has 0 saturated heterocycles. The van der Waals surface area contributed by atoms with Gasteiger partial charge in [-0.15, -0.1) is 0 Å². The van der Waals surface area contributed by atoms with Crippen LogP contribution in [0.25, 0.3) is 0 Å². The van der Waals surface area contributed by atoms with E-state index in [0.717, 1.165) is 19.3 Å². The van der Waals surface area contributed by atoms with E-state index in [1.807, 2.05) is 0 Å². The van der Waals surface area contributed by atoms with Crippen LogP contribution in [0.15, 0.2) is 47.4 Å². The van der Waals surface area contributed by atoms with E-state index in [1.54, 1.807) is 30.3 Å². The van der Waals surface area contributed by atoms with Crippen molar-refractivity contribution in [2.75, 3.05) is 0 Å². The summed E-state index contributed by atoms with van der Waals surface area (Å²) in [6, 6.07) is 11.2. The van der Waals surface area contributed by atoms with Crippen LogP contribution in [0.5, 0.6) is 17.2 Å². The second kappa shape index (κ2) is 13.0. The minimum Gasteiger partial charge on any atom is -0.870 e. The van der Waals surface area contributed by atoms with Gasteiger partial charge in [-0.3, -0.25) is 4.55 Å². The molecule has 0 spiro atoms. The number of rotatable bonds is 11. The molecular weight excluding hydrogens is 403 g/mol. The predicted octanol–water partition coefficient (Wildman–Crippen LogP) is 2.10. The summed E-state index contributed by atoms with van der Waals surface area (Å²) in [4.78, 5) is -0.412. The number of ether oxygens (including phenoxy) is 1. The maximum atomic E-state index is 12.2. The van der Waals surface area contributed by atoms with Gasteiger partial charge in [0.2, 0.25) is 0 Å². The number of hydrogen-bond acceptors (Lipinski definition) is 4. The monoisotopic (exact) mass is 430 g/mol. The van der Waals surface area contributed by atoms with Crippen LogP contribution in [-0.2, 0) is 16.5 Å². The Kier molecular flexibility index (Phi) is 11.9. The second-order valence-corrected chi connectivity index (χ2v) is 8.00. The van der Waals surface area contributed by atoms with Crippen LogP contribution >= 0.6 is 0 Å². The summed E-state index contributed by atoms with van der Waals surface area (Å²) in [5.74, 6) is -0.577. The fourth-order valence-corrected chi connectivity index (χ4v) is 3.92. The van der Waals surface area contributed by atoms with E-state index in [2.05, 4.69) is 6.92 Å². The Labute approximate surface area is 210 Å². The van der Waals surface area contributed by atoms with E-state index in [9.17, 15) is 18.1 Å². The van der Waals surface area contributed by atoms with E-state index in [1.165, 1.54) is 37.8 Å². The number of unbranched alkanes of at least 4 members (excludes halogenated alkanes) is 6. The topological polar surface area (TPSA) is 86.7 Å². The molecule has 0 fully saturated rings. The third-order valence-electron chi connectivity index (χ3n) is 4.43. The van der Waals surface area contributed by atoms with Crippen molar-refractivity contribution in [1.82, 2.24) is 0 Å². The molecule has 0 aliphatic carbocycles. The normalized spacial score (nSPS) is 11.1. The second-order valence-electron chi connectivity index (χ2n) is 6.64. The maximum absolute atomic E-state index is 12.2. The molecule has 0 amide bonds. The van der Waals surface area contributed by atoms with Crippen molar-refractivity contribution in [3.8, 4) is 17.2 Å². The summed E-state index contributed by atoms with van der Waals surface area (Å²) in [6.45, 7) is 2.17. The molecule has 0 heterocycles. The minimum atomic E-state index is -4.59. The van der Waals surface area contributed by atoms with Gasteiger partial charge < -0.3 is 9.84 Å². The Morgan fingerprint density at radius 2 is 1.54 bits per heavy atom. The van der Waals surface area contributed by atoms with Gasteiger partial charge in [0.05, 0.1) is 0 Å². The van der Waals surface area contributed by atoms with Gasteiger partial charge in [-0.1, -0.05) is 81.5 Å². The zero-order chi connectivity index (χ0) is 19.7. The van der Waals surface area contributed by atoms with Crippen LogP contribution in [0.4, 0.5) is 0 Å². The fraction of sp³-hybridized carbons (Fsp3) is 0.429. The average molecular weight is 431 g/mol. The molecule has 0 saturated carbocycles. The molecule has 0 aromatic heterocycles. The van der Waals surface area contributed by atoms with Crippen LogP contribution in [0.2, 0.25) is 0 Å². The number of aryl methyl sites for hydroxylation is 1. The molecule has 1 N–H and O–H groups in total. The summed E-state index contributed by atoms with van der Waals surface area (Å²) in [5.41, 5.74) is 0.414. The van der Waals surface area contributed by atoms with Gasteiger partial charge in [0.25, 0.3) is 10.1 Å². The van der Waals surface area contributed by atoms with Crippen molar-refractivity contribution in [1.29, 1.82) is 0 Å². The average Bonchev–Trinajstić information content (AvgIpc) is 2.63. The molecular formula is C21H27KO5S. The number of hydrogen-bond donors (Lipinski definition) is 1. The van der Waals surface area contributed by atoms with Crippen molar-refractivity contribution in [2.45, 2.75) is 63.2 Å². The molecule has 28 heavy (non-hydrogen) atoms. The fourth-order valence-electron chi connectivity index (χ4n) is 3.04. The summed E-state index contributed by atoms with van der Waals surface area (Å²) in [6.07, 6.45) is 8.14. The summed E-state index contributed by atoms with van der Waals surface area (Å²) < 4.78 is 39.2. The van der Waals surface area contributed by atoms with Crippen LogP contribution in [-0.4, -0.2) is 13.0 Å². The van der Waals surface area contributed by atoms with E-state index in [-0.39, 0.29) is 57.1 Å². The van der Waals surface area contributed by atoms with Gasteiger partial charge >= 0.3 is 51.4 Å². The SMILES string of the molecule is CCCCCCCCCc1ccc([O-])c(Oc2ccccc2)c1S(=O)(=O)O.[K+]. The van der Waals surface area contributed by atoms with Gasteiger partial charge in [-0.05, 0) is 30.5 Å². The zero-order valence-electron chi connectivity index (χ0n) is 16.7. The third kappa shape index (κ3) is 8.14. The Balaban J connectivity index is 0.00000392. The Morgan fingerprint density at radius 3 is 2.14 bits per heavy atom. The van der Waals surface area contributed by atoms with Crippen LogP contribution in [0.3, 0.4) is 0 Å². The van der Waals surface area contributed by atoms with E-state index in [4.69, 9.17) is 4.74 Å². The van der Waals surface area contributed by atoms with Gasteiger partial charge in [0.1, 0.15) is 16.4 Å². The summed E-state index contributed by atoms with van der Waals surface area (Å²) >= 11 is 0. The molecule has 0 aliphatic rings. The molecule has 0 atom stereocenters. The van der Waals surface area contributed by atoms with Crippen LogP contribution < -0.4 is 61.2 Å². The molecule has 0 aliphatic heterocycles. The van der Waals surface area contributed by atoms with Crippen LogP contribution in [0.1, 0.15) is 57.4 Å². The first kappa shape index (κ1) is 25.6. The van der Waals surface area contributed by atoms with Gasteiger partial charge in [-0.2, -0.15) is 8.42 Å². The van der Waals surface area contributed by atoms with Gasteiger partial charge in [-0.25, -0.2) is 0 Å². The molecule has 7 heteroatoms. The van der Waals surface area contributed by atoms with Crippen molar-refractivity contribution >= 4 is 10.1 Å². The van der Waals surface area contributed by atoms with Crippen molar-refractivity contribution < 1.29 is 74.2 Å². The molecule has 0 bridgehead atoms. The van der Waals surface area contributed by atoms with Crippen molar-refractivity contribution in [2.24, 2.45) is 0 Å². The molecule has 2 rings (SSSR count). The van der Waals surface area contributed by atoms with Crippen LogP contribution in [0, 0.1) is 0 Å². The Bertz CT molecular complexity index is 822. The number of para-hydroxylation sites is 1. The molecule has 2 aromatic rings. The van der Waals surface area contributed by atoms with E-state index in [0.29, 0.717) is 17.7 Å². The third-order valence-corrected chi connectivity index (χ3v) is 5.39.